The van der Waals surface area contributed by atoms with Gasteiger partial charge < -0.3 is 4.74 Å². The Morgan fingerprint density at radius 3 is 2.35 bits per heavy atom. The predicted octanol–water partition coefficient (Wildman–Crippen LogP) is 3.90. The molecule has 0 fully saturated rings. The van der Waals surface area contributed by atoms with Gasteiger partial charge in [0.2, 0.25) is 5.90 Å². The lowest BCUT2D eigenvalue weighted by molar-refractivity contribution is 0.503. The fourth-order valence-electron chi connectivity index (χ4n) is 2.44. The molecule has 0 atom stereocenters. The maximum atomic E-state index is 12.0. The monoisotopic (exact) mass is 329 g/mol. The van der Waals surface area contributed by atoms with Crippen LogP contribution in [0.4, 0.5) is 0 Å². The molecule has 4 nitrogen and oxygen atoms in total. The zero-order chi connectivity index (χ0) is 16.7. The van der Waals surface area contributed by atoms with Crippen LogP contribution in [-0.4, -0.2) is 14.3 Å². The number of nitrogens with zero attached hydrogens (tertiary/aromatic N) is 1. The quantitative estimate of drug-likeness (QED) is 0.858. The standard InChI is InChI=1S/C18H19NO3S/c1-4-18(2,3)13-9-11-14(12-10-13)22-17-15-7-5-6-8-16(15)23(20,21)19-17/h5-12H,4H2,1-3H3. The van der Waals surface area contributed by atoms with Gasteiger partial charge in [-0.15, -0.1) is 4.40 Å². The van der Waals surface area contributed by atoms with Crippen molar-refractivity contribution in [3.8, 4) is 5.75 Å². The van der Waals surface area contributed by atoms with Crippen LogP contribution < -0.4 is 4.74 Å². The van der Waals surface area contributed by atoms with Gasteiger partial charge in [0.15, 0.2) is 0 Å². The molecule has 0 spiro atoms. The molecule has 120 valence electrons. The molecule has 0 bridgehead atoms. The maximum absolute atomic E-state index is 12.0. The van der Waals surface area contributed by atoms with Crippen LogP contribution in [-0.2, 0) is 15.4 Å². The van der Waals surface area contributed by atoms with Crippen molar-refractivity contribution in [1.29, 1.82) is 0 Å². The highest BCUT2D eigenvalue weighted by Gasteiger charge is 2.30. The van der Waals surface area contributed by atoms with Crippen LogP contribution >= 0.6 is 0 Å². The van der Waals surface area contributed by atoms with E-state index in [1.54, 1.807) is 18.2 Å². The van der Waals surface area contributed by atoms with Crippen LogP contribution in [0.3, 0.4) is 0 Å². The zero-order valence-corrected chi connectivity index (χ0v) is 14.2. The average molecular weight is 329 g/mol. The second-order valence-electron chi connectivity index (χ2n) is 6.23. The SMILES string of the molecule is CCC(C)(C)c1ccc(OC2=NS(=O)(=O)c3ccccc32)cc1. The molecule has 0 amide bonds. The summed E-state index contributed by atoms with van der Waals surface area (Å²) in [4.78, 5) is 0.193. The minimum Gasteiger partial charge on any atom is -0.438 e. The van der Waals surface area contributed by atoms with Crippen LogP contribution in [0.1, 0.15) is 38.3 Å². The number of benzene rings is 2. The van der Waals surface area contributed by atoms with E-state index < -0.39 is 10.0 Å². The lowest BCUT2D eigenvalue weighted by Crippen LogP contribution is -2.15. The highest BCUT2D eigenvalue weighted by atomic mass is 32.2. The Balaban J connectivity index is 1.89. The van der Waals surface area contributed by atoms with Gasteiger partial charge in [0.1, 0.15) is 10.6 Å². The van der Waals surface area contributed by atoms with Gasteiger partial charge in [-0.2, -0.15) is 8.42 Å². The van der Waals surface area contributed by atoms with E-state index in [9.17, 15) is 8.42 Å². The molecule has 23 heavy (non-hydrogen) atoms. The van der Waals surface area contributed by atoms with Crippen molar-refractivity contribution in [2.75, 3.05) is 0 Å². The van der Waals surface area contributed by atoms with Crippen molar-refractivity contribution >= 4 is 15.9 Å². The summed E-state index contributed by atoms with van der Waals surface area (Å²) >= 11 is 0. The molecule has 0 N–H and O–H groups in total. The summed E-state index contributed by atoms with van der Waals surface area (Å²) in [5, 5.41) is 0. The van der Waals surface area contributed by atoms with Crippen molar-refractivity contribution < 1.29 is 13.2 Å². The van der Waals surface area contributed by atoms with E-state index in [1.807, 2.05) is 24.3 Å². The van der Waals surface area contributed by atoms with E-state index in [0.29, 0.717) is 11.3 Å². The molecule has 1 heterocycles. The van der Waals surface area contributed by atoms with Crippen molar-refractivity contribution in [2.24, 2.45) is 4.40 Å². The normalized spacial score (nSPS) is 15.9. The van der Waals surface area contributed by atoms with Crippen molar-refractivity contribution in [1.82, 2.24) is 0 Å². The predicted molar refractivity (Wildman–Crippen MR) is 90.6 cm³/mol. The molecule has 0 saturated heterocycles. The molecule has 2 aromatic carbocycles. The smallest absolute Gasteiger partial charge is 0.286 e. The highest BCUT2D eigenvalue weighted by Crippen LogP contribution is 2.30. The van der Waals surface area contributed by atoms with Gasteiger partial charge >= 0.3 is 0 Å². The molecule has 0 unspecified atom stereocenters. The van der Waals surface area contributed by atoms with Gasteiger partial charge in [0, 0.05) is 0 Å². The molecule has 5 heteroatoms. The molecule has 1 aliphatic rings. The lowest BCUT2D eigenvalue weighted by atomic mass is 9.82. The summed E-state index contributed by atoms with van der Waals surface area (Å²) in [5.41, 5.74) is 1.82. The number of ether oxygens (including phenoxy) is 1. The van der Waals surface area contributed by atoms with Crippen molar-refractivity contribution in [3.05, 3.63) is 59.7 Å². The second kappa shape index (κ2) is 5.49. The zero-order valence-electron chi connectivity index (χ0n) is 13.4. The summed E-state index contributed by atoms with van der Waals surface area (Å²) in [6, 6.07) is 14.4. The first-order valence-corrected chi connectivity index (χ1v) is 9.00. The first-order chi connectivity index (χ1) is 10.8. The van der Waals surface area contributed by atoms with Gasteiger partial charge in [0.05, 0.1) is 5.56 Å². The summed E-state index contributed by atoms with van der Waals surface area (Å²) in [6.07, 6.45) is 1.03. The number of rotatable bonds is 3. The first-order valence-electron chi connectivity index (χ1n) is 7.56. The third-order valence-electron chi connectivity index (χ3n) is 4.33. The van der Waals surface area contributed by atoms with E-state index in [2.05, 4.69) is 25.2 Å². The molecular weight excluding hydrogens is 310 g/mol. The van der Waals surface area contributed by atoms with E-state index in [-0.39, 0.29) is 16.2 Å². The molecule has 0 aliphatic carbocycles. The Kier molecular flexibility index (Phi) is 3.76. The molecule has 2 aromatic rings. The van der Waals surface area contributed by atoms with Crippen LogP contribution in [0, 0.1) is 0 Å². The van der Waals surface area contributed by atoms with E-state index >= 15 is 0 Å². The van der Waals surface area contributed by atoms with Crippen LogP contribution in [0.2, 0.25) is 0 Å². The van der Waals surface area contributed by atoms with E-state index in [0.717, 1.165) is 6.42 Å². The summed E-state index contributed by atoms with van der Waals surface area (Å²) in [6.45, 7) is 6.53. The van der Waals surface area contributed by atoms with Crippen LogP contribution in [0.5, 0.6) is 5.75 Å². The molecule has 3 rings (SSSR count). The number of fused-ring (bicyclic) bond motifs is 1. The first kappa shape index (κ1) is 15.7. The van der Waals surface area contributed by atoms with Gasteiger partial charge in [-0.25, -0.2) is 0 Å². The Morgan fingerprint density at radius 1 is 1.04 bits per heavy atom. The number of hydrogen-bond acceptors (Lipinski definition) is 3. The summed E-state index contributed by atoms with van der Waals surface area (Å²) < 4.78 is 33.5. The summed E-state index contributed by atoms with van der Waals surface area (Å²) in [5.74, 6) is 0.703. The second-order valence-corrected chi connectivity index (χ2v) is 7.80. The van der Waals surface area contributed by atoms with Crippen LogP contribution in [0.25, 0.3) is 0 Å². The summed E-state index contributed by atoms with van der Waals surface area (Å²) in [7, 11) is -3.65. The Morgan fingerprint density at radius 2 is 1.70 bits per heavy atom. The highest BCUT2D eigenvalue weighted by molar-refractivity contribution is 7.90. The lowest BCUT2D eigenvalue weighted by Gasteiger charge is -2.23. The van der Waals surface area contributed by atoms with E-state index in [1.165, 1.54) is 11.6 Å². The Bertz CT molecular complexity index is 865. The minimum absolute atomic E-state index is 0.0966. The molecular formula is C18H19NO3S. The topological polar surface area (TPSA) is 55.7 Å². The largest absolute Gasteiger partial charge is 0.438 e. The molecule has 0 aromatic heterocycles. The minimum atomic E-state index is -3.65. The maximum Gasteiger partial charge on any atom is 0.286 e. The van der Waals surface area contributed by atoms with Gasteiger partial charge in [0.25, 0.3) is 10.0 Å². The van der Waals surface area contributed by atoms with E-state index in [4.69, 9.17) is 4.74 Å². The Hall–Kier alpha value is -2.14. The third kappa shape index (κ3) is 2.88. The molecule has 1 aliphatic heterocycles. The van der Waals surface area contributed by atoms with Gasteiger partial charge in [-0.3, -0.25) is 0 Å². The van der Waals surface area contributed by atoms with Crippen LogP contribution in [0.15, 0.2) is 57.8 Å². The number of sulfonamides is 1. The fraction of sp³-hybridized carbons (Fsp3) is 0.278. The molecule has 0 saturated carbocycles. The Labute approximate surface area is 136 Å². The third-order valence-corrected chi connectivity index (χ3v) is 5.65. The van der Waals surface area contributed by atoms with Crippen molar-refractivity contribution in [2.45, 2.75) is 37.5 Å². The molecule has 0 radical (unpaired) electrons. The van der Waals surface area contributed by atoms with Gasteiger partial charge in [-0.05, 0) is 41.7 Å². The number of hydrogen-bond donors (Lipinski definition) is 0. The van der Waals surface area contributed by atoms with Crippen molar-refractivity contribution in [3.63, 3.8) is 0 Å². The van der Waals surface area contributed by atoms with Gasteiger partial charge in [-0.1, -0.05) is 45.0 Å². The fourth-order valence-corrected chi connectivity index (χ4v) is 3.58. The average Bonchev–Trinajstić information content (AvgIpc) is 2.79.